The van der Waals surface area contributed by atoms with Crippen molar-refractivity contribution in [2.75, 3.05) is 11.6 Å². The molecule has 5 nitrogen and oxygen atoms in total. The molecule has 1 unspecified atom stereocenters. The van der Waals surface area contributed by atoms with Gasteiger partial charge in [-0.25, -0.2) is 9.99 Å². The summed E-state index contributed by atoms with van der Waals surface area (Å²) in [6.07, 6.45) is 2.61. The number of aromatic nitrogens is 1. The Morgan fingerprint density at radius 1 is 1.68 bits per heavy atom. The number of hydrogen-bond acceptors (Lipinski definition) is 5. The predicted molar refractivity (Wildman–Crippen MR) is 79.9 cm³/mol. The number of hydrazone groups is 1. The van der Waals surface area contributed by atoms with Crippen molar-refractivity contribution in [2.45, 2.75) is 26.3 Å². The van der Waals surface area contributed by atoms with Gasteiger partial charge < -0.3 is 4.74 Å². The highest BCUT2D eigenvalue weighted by Gasteiger charge is 2.24. The Morgan fingerprint density at radius 2 is 2.42 bits per heavy atom. The number of rotatable bonds is 3. The lowest BCUT2D eigenvalue weighted by Crippen LogP contribution is -2.23. The molecule has 1 aliphatic rings. The first-order valence-corrected chi connectivity index (χ1v) is 6.95. The zero-order valence-corrected chi connectivity index (χ0v) is 13.1. The summed E-state index contributed by atoms with van der Waals surface area (Å²) in [5.74, 6) is 0.719. The highest BCUT2D eigenvalue weighted by Crippen LogP contribution is 2.29. The van der Waals surface area contributed by atoms with Gasteiger partial charge in [-0.1, -0.05) is 11.6 Å². The monoisotopic (exact) mass is 347 g/mol. The van der Waals surface area contributed by atoms with Gasteiger partial charge in [0.1, 0.15) is 4.62 Å². The van der Waals surface area contributed by atoms with E-state index in [1.807, 2.05) is 17.1 Å². The average Bonchev–Trinajstić information content (AvgIpc) is 2.71. The van der Waals surface area contributed by atoms with E-state index in [2.05, 4.69) is 37.7 Å². The first kappa shape index (κ1) is 15.9. The fourth-order valence-electron chi connectivity index (χ4n) is 1.46. The summed E-state index contributed by atoms with van der Waals surface area (Å²) in [7, 11) is 0. The van der Waals surface area contributed by atoms with E-state index >= 15 is 0 Å². The lowest BCUT2D eigenvalue weighted by molar-refractivity contribution is -0.128. The van der Waals surface area contributed by atoms with E-state index in [1.54, 1.807) is 13.1 Å². The van der Waals surface area contributed by atoms with Crippen molar-refractivity contribution in [3.8, 4) is 0 Å². The van der Waals surface area contributed by atoms with Gasteiger partial charge in [-0.05, 0) is 41.9 Å². The quantitative estimate of drug-likeness (QED) is 0.787. The normalized spacial score (nSPS) is 17.4. The van der Waals surface area contributed by atoms with Crippen LogP contribution >= 0.6 is 27.5 Å². The summed E-state index contributed by atoms with van der Waals surface area (Å²) in [5, 5.41) is 6.79. The molecule has 2 rings (SSSR count). The van der Waals surface area contributed by atoms with Crippen LogP contribution in [0.1, 0.15) is 20.3 Å². The highest BCUT2D eigenvalue weighted by molar-refractivity contribution is 9.18. The maximum absolute atomic E-state index is 9.18. The third-order valence-corrected chi connectivity index (χ3v) is 3.07. The largest absolute Gasteiger partial charge is 0.468 e. The summed E-state index contributed by atoms with van der Waals surface area (Å²) in [6, 6.07) is 3.93. The van der Waals surface area contributed by atoms with Gasteiger partial charge in [-0.15, -0.1) is 0 Å². The average molecular weight is 349 g/mol. The van der Waals surface area contributed by atoms with Gasteiger partial charge in [-0.2, -0.15) is 5.10 Å². The van der Waals surface area contributed by atoms with Crippen LogP contribution in [-0.2, 0) is 9.53 Å². The molecule has 0 bridgehead atoms. The minimum absolute atomic E-state index is 0.303. The van der Waals surface area contributed by atoms with Gasteiger partial charge in [0, 0.05) is 12.6 Å². The van der Waals surface area contributed by atoms with E-state index in [9.17, 15) is 4.79 Å². The van der Waals surface area contributed by atoms with Crippen molar-refractivity contribution < 1.29 is 9.53 Å². The van der Waals surface area contributed by atoms with Crippen LogP contribution in [0.15, 0.2) is 23.4 Å². The number of ether oxygens (including phenoxy) is 1. The van der Waals surface area contributed by atoms with Gasteiger partial charge in [0.15, 0.2) is 5.82 Å². The van der Waals surface area contributed by atoms with Crippen LogP contribution in [0.3, 0.4) is 0 Å². The van der Waals surface area contributed by atoms with E-state index < -0.39 is 0 Å². The highest BCUT2D eigenvalue weighted by atomic mass is 79.9. The van der Waals surface area contributed by atoms with Gasteiger partial charge >= 0.3 is 0 Å². The summed E-state index contributed by atoms with van der Waals surface area (Å²) in [5.41, 5.74) is 0. The molecule has 7 heteroatoms. The van der Waals surface area contributed by atoms with E-state index in [4.69, 9.17) is 11.6 Å². The Morgan fingerprint density at radius 3 is 2.84 bits per heavy atom. The Labute approximate surface area is 125 Å². The minimum atomic E-state index is 0.303. The van der Waals surface area contributed by atoms with Gasteiger partial charge in [0.05, 0.1) is 17.7 Å². The smallest absolute Gasteiger partial charge is 0.293 e. The van der Waals surface area contributed by atoms with E-state index in [0.29, 0.717) is 24.1 Å². The second-order valence-electron chi connectivity index (χ2n) is 3.73. The SMILES string of the molecule is CC1CC(Br)=NN1c1ncccc1Cl.CCOC=O. The maximum atomic E-state index is 9.18. The Balaban J connectivity index is 0.000000312. The van der Waals surface area contributed by atoms with Crippen LogP contribution < -0.4 is 5.01 Å². The molecule has 1 atom stereocenters. The molecule has 19 heavy (non-hydrogen) atoms. The maximum Gasteiger partial charge on any atom is 0.293 e. The van der Waals surface area contributed by atoms with Gasteiger partial charge in [0.2, 0.25) is 0 Å². The van der Waals surface area contributed by atoms with Crippen molar-refractivity contribution in [1.82, 2.24) is 4.98 Å². The summed E-state index contributed by atoms with van der Waals surface area (Å²) >= 11 is 9.41. The van der Waals surface area contributed by atoms with E-state index in [-0.39, 0.29) is 0 Å². The second kappa shape index (κ2) is 8.12. The zero-order valence-electron chi connectivity index (χ0n) is 10.7. The number of anilines is 1. The standard InChI is InChI=1S/C9H9BrClN3.C3H6O2/c1-6-5-8(10)13-14(6)9-7(11)3-2-4-12-9;1-2-5-3-4/h2-4,6H,5H2,1H3;3H,2H2,1H3. The molecular formula is C12H15BrClN3O2. The number of carbonyl (C=O) groups excluding carboxylic acids is 1. The Bertz CT molecular complexity index is 456. The third kappa shape index (κ3) is 4.80. The number of carbonyl (C=O) groups is 1. The zero-order chi connectivity index (χ0) is 14.3. The molecular weight excluding hydrogens is 334 g/mol. The lowest BCUT2D eigenvalue weighted by atomic mass is 10.2. The second-order valence-corrected chi connectivity index (χ2v) is 5.06. The van der Waals surface area contributed by atoms with Crippen LogP contribution in [-0.4, -0.2) is 28.7 Å². The molecule has 1 aliphatic heterocycles. The molecule has 0 aliphatic carbocycles. The summed E-state index contributed by atoms with van der Waals surface area (Å²) in [4.78, 5) is 13.4. The number of nitrogens with zero attached hydrogens (tertiary/aromatic N) is 3. The fraction of sp³-hybridized carbons (Fsp3) is 0.417. The van der Waals surface area contributed by atoms with Crippen molar-refractivity contribution in [3.05, 3.63) is 23.4 Å². The number of pyridine rings is 1. The fourth-order valence-corrected chi connectivity index (χ4v) is 2.30. The summed E-state index contributed by atoms with van der Waals surface area (Å²) < 4.78 is 5.09. The molecule has 0 saturated heterocycles. The molecule has 0 amide bonds. The molecule has 0 saturated carbocycles. The van der Waals surface area contributed by atoms with E-state index in [0.717, 1.165) is 16.9 Å². The first-order chi connectivity index (χ1) is 9.10. The van der Waals surface area contributed by atoms with Crippen molar-refractivity contribution >= 4 is 44.4 Å². The topological polar surface area (TPSA) is 54.8 Å². The van der Waals surface area contributed by atoms with Crippen LogP contribution in [0.25, 0.3) is 0 Å². The summed E-state index contributed by atoms with van der Waals surface area (Å²) in [6.45, 7) is 4.75. The molecule has 0 fully saturated rings. The lowest BCUT2D eigenvalue weighted by Gasteiger charge is -2.19. The van der Waals surface area contributed by atoms with E-state index in [1.165, 1.54) is 0 Å². The Hall–Kier alpha value is -1.14. The molecule has 2 heterocycles. The molecule has 0 aromatic carbocycles. The van der Waals surface area contributed by atoms with Crippen molar-refractivity contribution in [2.24, 2.45) is 5.10 Å². The molecule has 1 aromatic heterocycles. The van der Waals surface area contributed by atoms with Crippen LogP contribution in [0.5, 0.6) is 0 Å². The van der Waals surface area contributed by atoms with Crippen LogP contribution in [0, 0.1) is 0 Å². The molecule has 0 N–H and O–H groups in total. The number of halogens is 2. The molecule has 1 aromatic rings. The first-order valence-electron chi connectivity index (χ1n) is 5.78. The minimum Gasteiger partial charge on any atom is -0.468 e. The van der Waals surface area contributed by atoms with Crippen molar-refractivity contribution in [1.29, 1.82) is 0 Å². The predicted octanol–water partition coefficient (Wildman–Crippen LogP) is 3.22. The van der Waals surface area contributed by atoms with Crippen LogP contribution in [0.4, 0.5) is 5.82 Å². The molecule has 0 radical (unpaired) electrons. The van der Waals surface area contributed by atoms with Crippen molar-refractivity contribution in [3.63, 3.8) is 0 Å². The van der Waals surface area contributed by atoms with Crippen LogP contribution in [0.2, 0.25) is 5.02 Å². The van der Waals surface area contributed by atoms with Gasteiger partial charge in [0.25, 0.3) is 6.47 Å². The molecule has 0 spiro atoms. The third-order valence-electron chi connectivity index (χ3n) is 2.29. The number of hydrogen-bond donors (Lipinski definition) is 0. The van der Waals surface area contributed by atoms with Gasteiger partial charge in [-0.3, -0.25) is 4.79 Å². The Kier molecular flexibility index (Phi) is 6.80. The molecule has 104 valence electrons.